The number of alkyl halides is 3. The number of anilines is 1. The number of aromatic nitrogens is 3. The van der Waals surface area contributed by atoms with Gasteiger partial charge in [0.2, 0.25) is 5.91 Å². The number of nitrogens with one attached hydrogen (secondary N) is 1. The highest BCUT2D eigenvalue weighted by atomic mass is 32.2. The quantitative estimate of drug-likeness (QED) is 0.522. The molecule has 3 rings (SSSR count). The molecule has 0 aliphatic heterocycles. The molecule has 0 saturated heterocycles. The lowest BCUT2D eigenvalue weighted by atomic mass is 10.2. The van der Waals surface area contributed by atoms with Gasteiger partial charge in [-0.1, -0.05) is 36.0 Å². The van der Waals surface area contributed by atoms with Crippen LogP contribution in [0.3, 0.4) is 0 Å². The van der Waals surface area contributed by atoms with Crippen LogP contribution in [0.4, 0.5) is 18.9 Å². The minimum Gasteiger partial charge on any atom is -0.486 e. The summed E-state index contributed by atoms with van der Waals surface area (Å²) in [5.74, 6) is 0.862. The number of carbonyl (C=O) groups is 1. The zero-order chi connectivity index (χ0) is 21.6. The van der Waals surface area contributed by atoms with Gasteiger partial charge < -0.3 is 14.6 Å². The van der Waals surface area contributed by atoms with Crippen molar-refractivity contribution in [2.24, 2.45) is 0 Å². The van der Waals surface area contributed by atoms with Crippen LogP contribution in [0.2, 0.25) is 0 Å². The minimum absolute atomic E-state index is 0.0199. The van der Waals surface area contributed by atoms with Crippen LogP contribution in [0.5, 0.6) is 5.75 Å². The second-order valence-electron chi connectivity index (χ2n) is 6.16. The van der Waals surface area contributed by atoms with Gasteiger partial charge in [0.05, 0.1) is 11.3 Å². The maximum atomic E-state index is 12.8. The Hall–Kier alpha value is -3.01. The lowest BCUT2D eigenvalue weighted by Crippen LogP contribution is -2.15. The number of rotatable bonds is 8. The predicted molar refractivity (Wildman–Crippen MR) is 107 cm³/mol. The van der Waals surface area contributed by atoms with E-state index in [1.165, 1.54) is 12.1 Å². The first-order chi connectivity index (χ1) is 14.4. The first-order valence-corrected chi connectivity index (χ1v) is 10.0. The molecule has 10 heteroatoms. The molecular formula is C20H19F3N4O2S. The summed E-state index contributed by atoms with van der Waals surface area (Å²) < 4.78 is 45.9. The van der Waals surface area contributed by atoms with E-state index in [4.69, 9.17) is 4.74 Å². The Bertz CT molecular complexity index is 993. The van der Waals surface area contributed by atoms with Crippen molar-refractivity contribution in [3.63, 3.8) is 0 Å². The van der Waals surface area contributed by atoms with Gasteiger partial charge in [0, 0.05) is 12.2 Å². The number of ether oxygens (including phenoxy) is 1. The highest BCUT2D eigenvalue weighted by Gasteiger charge is 2.30. The number of amides is 1. The average Bonchev–Trinajstić information content (AvgIpc) is 3.13. The maximum absolute atomic E-state index is 12.8. The minimum atomic E-state index is -4.47. The Kier molecular flexibility index (Phi) is 6.99. The Morgan fingerprint density at radius 3 is 2.60 bits per heavy atom. The molecule has 0 bridgehead atoms. The zero-order valence-electron chi connectivity index (χ0n) is 16.0. The fourth-order valence-electron chi connectivity index (χ4n) is 2.62. The van der Waals surface area contributed by atoms with Gasteiger partial charge in [0.15, 0.2) is 11.0 Å². The number of thioether (sulfide) groups is 1. The zero-order valence-corrected chi connectivity index (χ0v) is 16.8. The number of hydrogen-bond acceptors (Lipinski definition) is 5. The van der Waals surface area contributed by atoms with Crippen LogP contribution >= 0.6 is 11.8 Å². The molecule has 0 aliphatic carbocycles. The summed E-state index contributed by atoms with van der Waals surface area (Å²) >= 11 is 1.15. The van der Waals surface area contributed by atoms with Crippen molar-refractivity contribution in [2.75, 3.05) is 11.1 Å². The topological polar surface area (TPSA) is 69.0 Å². The molecule has 0 spiro atoms. The number of carbonyl (C=O) groups excluding carboxylic acids is 1. The Morgan fingerprint density at radius 2 is 1.90 bits per heavy atom. The van der Waals surface area contributed by atoms with Crippen LogP contribution in [0, 0.1) is 0 Å². The standard InChI is InChI=1S/C20H19F3N4O2S/c1-2-27-17(12-29-16-9-4-3-5-10-16)25-26-19(27)30-13-18(28)24-15-8-6-7-14(11-15)20(21,22)23/h3-11H,2,12-13H2,1H3,(H,24,28). The van der Waals surface area contributed by atoms with Crippen LogP contribution in [0.25, 0.3) is 0 Å². The fraction of sp³-hybridized carbons (Fsp3) is 0.250. The van der Waals surface area contributed by atoms with Gasteiger partial charge in [-0.05, 0) is 37.3 Å². The number of para-hydroxylation sites is 1. The molecule has 0 saturated carbocycles. The lowest BCUT2D eigenvalue weighted by molar-refractivity contribution is -0.137. The van der Waals surface area contributed by atoms with E-state index in [1.54, 1.807) is 0 Å². The average molecular weight is 436 g/mol. The smallest absolute Gasteiger partial charge is 0.416 e. The third-order valence-corrected chi connectivity index (χ3v) is 4.99. The summed E-state index contributed by atoms with van der Waals surface area (Å²) in [6, 6.07) is 13.8. The third-order valence-electron chi connectivity index (χ3n) is 4.03. The SMILES string of the molecule is CCn1c(COc2ccccc2)nnc1SCC(=O)Nc1cccc(C(F)(F)F)c1. The molecule has 0 fully saturated rings. The van der Waals surface area contributed by atoms with E-state index in [1.807, 2.05) is 41.8 Å². The summed E-state index contributed by atoms with van der Waals surface area (Å²) in [6.45, 7) is 2.72. The molecule has 30 heavy (non-hydrogen) atoms. The number of nitrogens with zero attached hydrogens (tertiary/aromatic N) is 3. The van der Waals surface area contributed by atoms with Gasteiger partial charge in [-0.2, -0.15) is 13.2 Å². The summed E-state index contributed by atoms with van der Waals surface area (Å²) in [4.78, 5) is 12.2. The van der Waals surface area contributed by atoms with Crippen molar-refractivity contribution in [1.29, 1.82) is 0 Å². The van der Waals surface area contributed by atoms with Gasteiger partial charge in [-0.15, -0.1) is 10.2 Å². The van der Waals surface area contributed by atoms with E-state index in [2.05, 4.69) is 15.5 Å². The molecule has 0 atom stereocenters. The monoisotopic (exact) mass is 436 g/mol. The summed E-state index contributed by atoms with van der Waals surface area (Å²) in [6.07, 6.45) is -4.47. The van der Waals surface area contributed by atoms with Crippen LogP contribution in [0.15, 0.2) is 59.8 Å². The molecule has 1 aromatic heterocycles. The molecule has 3 aromatic rings. The molecule has 0 unspecified atom stereocenters. The maximum Gasteiger partial charge on any atom is 0.416 e. The predicted octanol–water partition coefficient (Wildman–Crippen LogP) is 4.63. The summed E-state index contributed by atoms with van der Waals surface area (Å²) in [5, 5.41) is 11.2. The molecule has 0 aliphatic rings. The fourth-order valence-corrected chi connectivity index (χ4v) is 3.44. The van der Waals surface area contributed by atoms with Crippen molar-refractivity contribution in [3.8, 4) is 5.75 Å². The summed E-state index contributed by atoms with van der Waals surface area (Å²) in [7, 11) is 0. The molecule has 1 heterocycles. The Morgan fingerprint density at radius 1 is 1.13 bits per heavy atom. The highest BCUT2D eigenvalue weighted by Crippen LogP contribution is 2.30. The molecule has 0 radical (unpaired) electrons. The van der Waals surface area contributed by atoms with Crippen molar-refractivity contribution < 1.29 is 22.7 Å². The van der Waals surface area contributed by atoms with Crippen LogP contribution < -0.4 is 10.1 Å². The first-order valence-electron chi connectivity index (χ1n) is 9.06. The lowest BCUT2D eigenvalue weighted by Gasteiger charge is -2.10. The van der Waals surface area contributed by atoms with E-state index >= 15 is 0 Å². The van der Waals surface area contributed by atoms with Gasteiger partial charge in [0.1, 0.15) is 12.4 Å². The summed E-state index contributed by atoms with van der Waals surface area (Å²) in [5.41, 5.74) is -0.730. The van der Waals surface area contributed by atoms with Crippen molar-refractivity contribution in [3.05, 3.63) is 66.0 Å². The number of halogens is 3. The van der Waals surface area contributed by atoms with E-state index in [0.29, 0.717) is 23.3 Å². The molecule has 2 aromatic carbocycles. The first kappa shape index (κ1) is 21.7. The number of hydrogen-bond donors (Lipinski definition) is 1. The van der Waals surface area contributed by atoms with Crippen LogP contribution in [0.1, 0.15) is 18.3 Å². The van der Waals surface area contributed by atoms with E-state index in [9.17, 15) is 18.0 Å². The van der Waals surface area contributed by atoms with Gasteiger partial charge in [-0.3, -0.25) is 4.79 Å². The second kappa shape index (κ2) is 9.66. The van der Waals surface area contributed by atoms with Gasteiger partial charge >= 0.3 is 6.18 Å². The Labute approximate surface area is 175 Å². The largest absolute Gasteiger partial charge is 0.486 e. The van der Waals surface area contributed by atoms with Gasteiger partial charge in [0.25, 0.3) is 0 Å². The normalized spacial score (nSPS) is 11.3. The van der Waals surface area contributed by atoms with Crippen molar-refractivity contribution in [1.82, 2.24) is 14.8 Å². The van der Waals surface area contributed by atoms with E-state index in [-0.39, 0.29) is 18.0 Å². The van der Waals surface area contributed by atoms with Crippen LogP contribution in [-0.2, 0) is 24.1 Å². The Balaban J connectivity index is 1.58. The van der Waals surface area contributed by atoms with E-state index < -0.39 is 17.6 Å². The highest BCUT2D eigenvalue weighted by molar-refractivity contribution is 7.99. The number of benzene rings is 2. The van der Waals surface area contributed by atoms with Crippen LogP contribution in [-0.4, -0.2) is 26.4 Å². The van der Waals surface area contributed by atoms with Crippen molar-refractivity contribution >= 4 is 23.4 Å². The molecular weight excluding hydrogens is 417 g/mol. The second-order valence-corrected chi connectivity index (χ2v) is 7.10. The van der Waals surface area contributed by atoms with Crippen molar-refractivity contribution in [2.45, 2.75) is 31.4 Å². The van der Waals surface area contributed by atoms with Gasteiger partial charge in [-0.25, -0.2) is 0 Å². The third kappa shape index (κ3) is 5.76. The molecule has 6 nitrogen and oxygen atoms in total. The van der Waals surface area contributed by atoms with E-state index in [0.717, 1.165) is 23.9 Å². The molecule has 158 valence electrons. The molecule has 1 N–H and O–H groups in total. The molecule has 1 amide bonds.